The summed E-state index contributed by atoms with van der Waals surface area (Å²) >= 11 is 1.23. The molecule has 2 bridgehead atoms. The van der Waals surface area contributed by atoms with Crippen molar-refractivity contribution in [1.29, 1.82) is 0 Å². The lowest BCUT2D eigenvalue weighted by molar-refractivity contribution is -0.162. The molecule has 0 unspecified atom stereocenters. The summed E-state index contributed by atoms with van der Waals surface area (Å²) in [6.07, 6.45) is -0.612. The van der Waals surface area contributed by atoms with Gasteiger partial charge in [-0.2, -0.15) is 0 Å². The van der Waals surface area contributed by atoms with Gasteiger partial charge in [-0.05, 0) is 31.7 Å². The number of benzene rings is 1. The second-order valence-corrected chi connectivity index (χ2v) is 11.9. The predicted molar refractivity (Wildman–Crippen MR) is 158 cm³/mol. The minimum atomic E-state index is -1.16. The molecule has 0 aliphatic carbocycles. The Morgan fingerprint density at radius 3 is 2.29 bits per heavy atom. The van der Waals surface area contributed by atoms with Gasteiger partial charge in [-0.3, -0.25) is 24.0 Å². The van der Waals surface area contributed by atoms with E-state index < -0.39 is 59.9 Å². The summed E-state index contributed by atoms with van der Waals surface area (Å²) in [6.45, 7) is 8.66. The Balaban J connectivity index is 2.03. The topological polar surface area (TPSA) is 138 Å². The number of likely N-dealkylation sites (N-methyl/N-ethyl adjacent to an activating group) is 2. The van der Waals surface area contributed by atoms with Crippen LogP contribution in [0.4, 0.5) is 0 Å². The molecule has 0 radical (unpaired) electrons. The van der Waals surface area contributed by atoms with Gasteiger partial charge in [0.25, 0.3) is 11.8 Å². The van der Waals surface area contributed by atoms with Gasteiger partial charge in [0.15, 0.2) is 6.10 Å². The molecular formula is C30H41N5O6S. The first-order chi connectivity index (χ1) is 19.8. The first kappa shape index (κ1) is 32.7. The fraction of sp³-hybridized carbons (Fsp3) is 0.533. The molecule has 2 N–H and O–H groups in total. The van der Waals surface area contributed by atoms with Crippen LogP contribution in [0.2, 0.25) is 0 Å². The number of fused-ring (bicyclic) bond motifs is 2. The van der Waals surface area contributed by atoms with Gasteiger partial charge in [0, 0.05) is 31.9 Å². The highest BCUT2D eigenvalue weighted by Gasteiger charge is 2.39. The van der Waals surface area contributed by atoms with E-state index in [4.69, 9.17) is 4.74 Å². The van der Waals surface area contributed by atoms with Gasteiger partial charge >= 0.3 is 5.97 Å². The Morgan fingerprint density at radius 1 is 1.00 bits per heavy atom. The molecule has 1 aromatic carbocycles. The maximum Gasteiger partial charge on any atom is 0.308 e. The minimum absolute atomic E-state index is 0.135. The van der Waals surface area contributed by atoms with Crippen LogP contribution in [0.5, 0.6) is 0 Å². The molecule has 0 saturated heterocycles. The van der Waals surface area contributed by atoms with E-state index in [2.05, 4.69) is 15.6 Å². The molecule has 5 atom stereocenters. The summed E-state index contributed by atoms with van der Waals surface area (Å²) in [5.41, 5.74) is 1.02. The number of amides is 4. The number of cyclic esters (lactones) is 1. The van der Waals surface area contributed by atoms with Crippen LogP contribution >= 0.6 is 11.3 Å². The average Bonchev–Trinajstić information content (AvgIpc) is 3.45. The van der Waals surface area contributed by atoms with E-state index in [1.54, 1.807) is 19.4 Å². The number of carbonyl (C=O) groups is 5. The molecule has 1 aliphatic heterocycles. The fourth-order valence-electron chi connectivity index (χ4n) is 4.94. The van der Waals surface area contributed by atoms with Crippen molar-refractivity contribution >= 4 is 40.9 Å². The van der Waals surface area contributed by atoms with Crippen LogP contribution < -0.4 is 10.6 Å². The summed E-state index contributed by atoms with van der Waals surface area (Å²) in [4.78, 5) is 73.8. The van der Waals surface area contributed by atoms with Crippen LogP contribution in [0.25, 0.3) is 0 Å². The number of thiazole rings is 1. The van der Waals surface area contributed by atoms with Crippen molar-refractivity contribution in [3.8, 4) is 0 Å². The van der Waals surface area contributed by atoms with E-state index in [-0.39, 0.29) is 24.5 Å². The monoisotopic (exact) mass is 599 g/mol. The Hall–Kier alpha value is -3.80. The van der Waals surface area contributed by atoms with Gasteiger partial charge in [-0.15, -0.1) is 11.3 Å². The zero-order valence-electron chi connectivity index (χ0n) is 25.2. The van der Waals surface area contributed by atoms with Crippen molar-refractivity contribution in [2.45, 2.75) is 84.2 Å². The quantitative estimate of drug-likeness (QED) is 0.516. The molecule has 11 nitrogen and oxygen atoms in total. The molecule has 0 fully saturated rings. The molecule has 1 aliphatic rings. The summed E-state index contributed by atoms with van der Waals surface area (Å²) < 4.78 is 5.43. The molecule has 2 aromatic rings. The second-order valence-electron chi connectivity index (χ2n) is 11.0. The molecule has 0 spiro atoms. The summed E-state index contributed by atoms with van der Waals surface area (Å²) in [7, 11) is 3.05. The smallest absolute Gasteiger partial charge is 0.308 e. The molecule has 0 saturated carbocycles. The standard InChI is InChI=1S/C30H41N5O6S/c1-8-21-15-24(36)41-19(5)29(39)35(7)25(17(2)3)30(40)34(6)23(14-20-12-10-9-11-13-20)27(38)31-18(4)28-33-22(16-42-28)26(37)32-21/h9-13,16-19,21,23,25H,8,14-15H2,1-7H3,(H,31,38)(H,32,37)/t18-,19-,21-,23-,25-/m1/s1. The Bertz CT molecular complexity index is 1280. The number of nitrogens with one attached hydrogen (secondary N) is 2. The third-order valence-corrected chi connectivity index (χ3v) is 8.45. The number of aromatic nitrogens is 1. The van der Waals surface area contributed by atoms with E-state index in [1.807, 2.05) is 51.1 Å². The second kappa shape index (κ2) is 14.4. The van der Waals surface area contributed by atoms with Crippen LogP contribution in [0, 0.1) is 5.92 Å². The maximum atomic E-state index is 14.0. The van der Waals surface area contributed by atoms with Crippen molar-refractivity contribution in [1.82, 2.24) is 25.4 Å². The normalized spacial score (nSPS) is 25.3. The highest BCUT2D eigenvalue weighted by molar-refractivity contribution is 7.09. The van der Waals surface area contributed by atoms with Gasteiger partial charge in [0.05, 0.1) is 12.5 Å². The molecule has 3 rings (SSSR count). The van der Waals surface area contributed by atoms with E-state index in [0.29, 0.717) is 11.4 Å². The lowest BCUT2D eigenvalue weighted by Crippen LogP contribution is -2.58. The minimum Gasteiger partial charge on any atom is -0.452 e. The molecule has 228 valence electrons. The summed E-state index contributed by atoms with van der Waals surface area (Å²) in [6, 6.07) is 6.44. The van der Waals surface area contributed by atoms with Crippen molar-refractivity contribution in [3.63, 3.8) is 0 Å². The van der Waals surface area contributed by atoms with Crippen LogP contribution in [0.3, 0.4) is 0 Å². The first-order valence-electron chi connectivity index (χ1n) is 14.2. The van der Waals surface area contributed by atoms with Gasteiger partial charge < -0.3 is 25.2 Å². The fourth-order valence-corrected chi connectivity index (χ4v) is 5.75. The summed E-state index contributed by atoms with van der Waals surface area (Å²) in [5, 5.41) is 7.88. The van der Waals surface area contributed by atoms with Gasteiger partial charge in [0.2, 0.25) is 11.8 Å². The molecular weight excluding hydrogens is 558 g/mol. The number of esters is 1. The highest BCUT2D eigenvalue weighted by Crippen LogP contribution is 2.22. The van der Waals surface area contributed by atoms with Crippen LogP contribution in [0.1, 0.15) is 74.6 Å². The molecule has 42 heavy (non-hydrogen) atoms. The van der Waals surface area contributed by atoms with E-state index in [0.717, 1.165) is 5.56 Å². The van der Waals surface area contributed by atoms with Crippen molar-refractivity contribution in [2.24, 2.45) is 5.92 Å². The lowest BCUT2D eigenvalue weighted by atomic mass is 9.98. The van der Waals surface area contributed by atoms with E-state index in [1.165, 1.54) is 35.1 Å². The van der Waals surface area contributed by atoms with Gasteiger partial charge in [-0.1, -0.05) is 51.1 Å². The average molecular weight is 600 g/mol. The Morgan fingerprint density at radius 2 is 1.67 bits per heavy atom. The molecule has 2 heterocycles. The SMILES string of the molecule is CC[C@@H]1CC(=O)O[C@H](C)C(=O)N(C)[C@H](C(C)C)C(=O)N(C)[C@H](Cc2ccccc2)C(=O)N[C@H](C)c2nc(cs2)C(=O)N1. The van der Waals surface area contributed by atoms with Crippen molar-refractivity contribution < 1.29 is 28.7 Å². The maximum absolute atomic E-state index is 14.0. The zero-order chi connectivity index (χ0) is 31.1. The van der Waals surface area contributed by atoms with Crippen LogP contribution in [-0.4, -0.2) is 82.7 Å². The number of carbonyl (C=O) groups excluding carboxylic acids is 5. The first-order valence-corrected chi connectivity index (χ1v) is 15.0. The molecule has 1 aromatic heterocycles. The molecule has 12 heteroatoms. The summed E-state index contributed by atoms with van der Waals surface area (Å²) in [5.74, 6) is -2.77. The Labute approximate surface area is 251 Å². The largest absolute Gasteiger partial charge is 0.452 e. The number of rotatable bonds is 4. The number of ether oxygens (including phenoxy) is 1. The number of hydrogen-bond acceptors (Lipinski definition) is 8. The third kappa shape index (κ3) is 7.93. The van der Waals surface area contributed by atoms with Gasteiger partial charge in [-0.25, -0.2) is 4.98 Å². The van der Waals surface area contributed by atoms with E-state index in [9.17, 15) is 24.0 Å². The molecule has 4 amide bonds. The van der Waals surface area contributed by atoms with Crippen molar-refractivity contribution in [2.75, 3.05) is 14.1 Å². The Kier molecular flexibility index (Phi) is 11.2. The number of nitrogens with zero attached hydrogens (tertiary/aromatic N) is 3. The third-order valence-electron chi connectivity index (χ3n) is 7.42. The van der Waals surface area contributed by atoms with E-state index >= 15 is 0 Å². The number of hydrogen-bond donors (Lipinski definition) is 2. The zero-order valence-corrected chi connectivity index (χ0v) is 26.1. The van der Waals surface area contributed by atoms with Crippen LogP contribution in [0.15, 0.2) is 35.7 Å². The lowest BCUT2D eigenvalue weighted by Gasteiger charge is -2.37. The van der Waals surface area contributed by atoms with Crippen LogP contribution in [-0.2, 0) is 30.3 Å². The predicted octanol–water partition coefficient (Wildman–Crippen LogP) is 2.72. The highest BCUT2D eigenvalue weighted by atomic mass is 32.1. The van der Waals surface area contributed by atoms with Crippen molar-refractivity contribution in [3.05, 3.63) is 52.0 Å². The van der Waals surface area contributed by atoms with Gasteiger partial charge in [0.1, 0.15) is 22.8 Å².